The number of nitrogens with one attached hydrogen (secondary N) is 2. The predicted octanol–water partition coefficient (Wildman–Crippen LogP) is 16.5. The molecule has 0 aromatic carbocycles. The van der Waals surface area contributed by atoms with Crippen molar-refractivity contribution in [3.63, 3.8) is 0 Å². The third-order valence-electron chi connectivity index (χ3n) is 15.6. The third-order valence-corrected chi connectivity index (χ3v) is 15.6. The number of ether oxygens (including phenoxy) is 4. The standard InChI is InChI=1S/C65H122N2O10/c1-7-11-15-19-23-27-29-33-37-41-45-49-61(72)75-55(47-43-39-35-31-25-21-17-13-9-3)51-59(70)66-57(53-68)63(64-58(69)54-74-65(5,6)77-64)67-60(71)52-56(48-44-40-36-32-26-22-18-14-10-4)76-62(73)50-46-42-38-34-30-28-24-20-16-12-8-2/h53,55-58,63-64,69H,7-52,54H2,1-6H3,(H,66,70)(H,67,71)/t55-,56-,57+,58-,63-,64-/m1/s1. The van der Waals surface area contributed by atoms with Crippen molar-refractivity contribution >= 4 is 30.0 Å². The SMILES string of the molecule is CCCCCCCCCCCCCC(=O)O[C@H](CCCCCCCCCCC)CC(=O)N[C@@H]([C@@H]1OC(C)(C)OC[C@H]1O)[C@H](C=O)NC(=O)C[C@@H](CCCCCCCCCCC)OC(=O)CCCCCCCCCCCCC. The first-order valence-electron chi connectivity index (χ1n) is 32.8. The van der Waals surface area contributed by atoms with E-state index in [1.165, 1.54) is 167 Å². The Kier molecular flexibility index (Phi) is 47.4. The van der Waals surface area contributed by atoms with Crippen LogP contribution in [0.3, 0.4) is 0 Å². The van der Waals surface area contributed by atoms with Crippen LogP contribution in [0.15, 0.2) is 0 Å². The lowest BCUT2D eigenvalue weighted by Gasteiger charge is -2.43. The second-order valence-corrected chi connectivity index (χ2v) is 23.6. The van der Waals surface area contributed by atoms with Crippen molar-refractivity contribution in [3.8, 4) is 0 Å². The van der Waals surface area contributed by atoms with Crippen LogP contribution in [0.25, 0.3) is 0 Å². The van der Waals surface area contributed by atoms with Gasteiger partial charge in [-0.3, -0.25) is 19.2 Å². The Balaban J connectivity index is 3.09. The normalized spacial score (nSPS) is 16.8. The highest BCUT2D eigenvalue weighted by Crippen LogP contribution is 2.27. The molecular weight excluding hydrogens is 969 g/mol. The molecule has 1 heterocycles. The van der Waals surface area contributed by atoms with Gasteiger partial charge < -0.3 is 39.5 Å². The highest BCUT2D eigenvalue weighted by molar-refractivity contribution is 5.82. The average Bonchev–Trinajstić information content (AvgIpc) is 3.40. The minimum Gasteiger partial charge on any atom is -0.462 e. The van der Waals surface area contributed by atoms with Crippen molar-refractivity contribution in [3.05, 3.63) is 0 Å². The Morgan fingerprint density at radius 1 is 0.481 bits per heavy atom. The van der Waals surface area contributed by atoms with Gasteiger partial charge >= 0.3 is 11.9 Å². The van der Waals surface area contributed by atoms with Crippen LogP contribution in [-0.2, 0) is 42.9 Å². The summed E-state index contributed by atoms with van der Waals surface area (Å²) in [4.78, 5) is 67.9. The van der Waals surface area contributed by atoms with Crippen molar-refractivity contribution in [1.29, 1.82) is 0 Å². The quantitative estimate of drug-likeness (QED) is 0.0303. The van der Waals surface area contributed by atoms with Crippen molar-refractivity contribution in [2.24, 2.45) is 0 Å². The number of amides is 2. The molecule has 12 nitrogen and oxygen atoms in total. The number of rotatable bonds is 55. The van der Waals surface area contributed by atoms with Gasteiger partial charge in [-0.1, -0.05) is 259 Å². The average molecular weight is 1090 g/mol. The van der Waals surface area contributed by atoms with Gasteiger partial charge in [0.2, 0.25) is 11.8 Å². The highest BCUT2D eigenvalue weighted by atomic mass is 16.7. The fraction of sp³-hybridized carbons (Fsp3) is 0.923. The van der Waals surface area contributed by atoms with Crippen LogP contribution in [0.1, 0.15) is 337 Å². The van der Waals surface area contributed by atoms with Gasteiger partial charge in [0, 0.05) is 12.8 Å². The first kappa shape index (κ1) is 72.4. The molecule has 1 rings (SSSR count). The van der Waals surface area contributed by atoms with E-state index in [1.54, 1.807) is 13.8 Å². The summed E-state index contributed by atoms with van der Waals surface area (Å²) in [7, 11) is 0. The van der Waals surface area contributed by atoms with Crippen LogP contribution in [0, 0.1) is 0 Å². The summed E-state index contributed by atoms with van der Waals surface area (Å²) in [6, 6.07) is -2.50. The third kappa shape index (κ3) is 42.0. The lowest BCUT2D eigenvalue weighted by Crippen LogP contribution is -2.65. The first-order valence-corrected chi connectivity index (χ1v) is 32.8. The van der Waals surface area contributed by atoms with Crippen LogP contribution >= 0.6 is 0 Å². The molecule has 0 saturated carbocycles. The largest absolute Gasteiger partial charge is 0.462 e. The molecule has 1 fully saturated rings. The Hall–Kier alpha value is -2.57. The zero-order valence-electron chi connectivity index (χ0n) is 50.9. The molecule has 2 amide bonds. The van der Waals surface area contributed by atoms with E-state index in [9.17, 15) is 29.1 Å². The molecule has 452 valence electrons. The van der Waals surface area contributed by atoms with Crippen molar-refractivity contribution in [2.75, 3.05) is 6.61 Å². The molecule has 0 radical (unpaired) electrons. The van der Waals surface area contributed by atoms with Crippen LogP contribution in [0.4, 0.5) is 0 Å². The Morgan fingerprint density at radius 2 is 0.779 bits per heavy atom. The van der Waals surface area contributed by atoms with Gasteiger partial charge in [0.05, 0.1) is 25.5 Å². The number of unbranched alkanes of at least 4 members (excludes halogenated alkanes) is 36. The smallest absolute Gasteiger partial charge is 0.306 e. The summed E-state index contributed by atoms with van der Waals surface area (Å²) >= 11 is 0. The van der Waals surface area contributed by atoms with E-state index in [-0.39, 0.29) is 31.4 Å². The van der Waals surface area contributed by atoms with E-state index in [0.29, 0.717) is 32.0 Å². The topological polar surface area (TPSA) is 167 Å². The molecular formula is C65H122N2O10. The van der Waals surface area contributed by atoms with Gasteiger partial charge in [0.15, 0.2) is 5.79 Å². The number of aliphatic hydroxyl groups excluding tert-OH is 1. The van der Waals surface area contributed by atoms with E-state index < -0.39 is 54.1 Å². The molecule has 0 aromatic heterocycles. The molecule has 6 atom stereocenters. The number of hydrogen-bond acceptors (Lipinski definition) is 10. The van der Waals surface area contributed by atoms with Gasteiger partial charge in [-0.2, -0.15) is 0 Å². The zero-order valence-corrected chi connectivity index (χ0v) is 50.9. The molecule has 0 aliphatic carbocycles. The Bertz CT molecular complexity index is 1430. The van der Waals surface area contributed by atoms with Gasteiger partial charge in [-0.15, -0.1) is 0 Å². The first-order chi connectivity index (χ1) is 37.4. The lowest BCUT2D eigenvalue weighted by atomic mass is 9.96. The summed E-state index contributed by atoms with van der Waals surface area (Å²) in [5.41, 5.74) is 0. The predicted molar refractivity (Wildman–Crippen MR) is 316 cm³/mol. The molecule has 0 bridgehead atoms. The van der Waals surface area contributed by atoms with Crippen molar-refractivity contribution in [2.45, 2.75) is 379 Å². The van der Waals surface area contributed by atoms with Gasteiger partial charge in [0.1, 0.15) is 36.7 Å². The van der Waals surface area contributed by atoms with Crippen LogP contribution < -0.4 is 10.6 Å². The number of aldehydes is 1. The van der Waals surface area contributed by atoms with Crippen molar-refractivity contribution in [1.82, 2.24) is 10.6 Å². The maximum Gasteiger partial charge on any atom is 0.306 e. The molecule has 0 unspecified atom stereocenters. The molecule has 1 aliphatic heterocycles. The van der Waals surface area contributed by atoms with E-state index >= 15 is 0 Å². The van der Waals surface area contributed by atoms with E-state index in [2.05, 4.69) is 38.3 Å². The summed E-state index contributed by atoms with van der Waals surface area (Å²) in [5, 5.41) is 17.1. The highest BCUT2D eigenvalue weighted by Gasteiger charge is 2.44. The summed E-state index contributed by atoms with van der Waals surface area (Å²) in [6.07, 6.45) is 44.5. The lowest BCUT2D eigenvalue weighted by molar-refractivity contribution is -0.309. The van der Waals surface area contributed by atoms with Gasteiger partial charge in [-0.05, 0) is 52.4 Å². The maximum absolute atomic E-state index is 14.2. The van der Waals surface area contributed by atoms with Crippen LogP contribution in [-0.4, -0.2) is 84.0 Å². The van der Waals surface area contributed by atoms with E-state index in [4.69, 9.17) is 18.9 Å². The zero-order chi connectivity index (χ0) is 56.5. The summed E-state index contributed by atoms with van der Waals surface area (Å²) in [6.45, 7) is 12.2. The molecule has 3 N–H and O–H groups in total. The number of carbonyl (C=O) groups excluding carboxylic acids is 5. The van der Waals surface area contributed by atoms with Crippen molar-refractivity contribution < 1.29 is 48.0 Å². The maximum atomic E-state index is 14.2. The fourth-order valence-electron chi connectivity index (χ4n) is 10.7. The number of hydrogen-bond donors (Lipinski definition) is 3. The van der Waals surface area contributed by atoms with Gasteiger partial charge in [0.25, 0.3) is 0 Å². The van der Waals surface area contributed by atoms with E-state index in [0.717, 1.165) is 89.9 Å². The number of aliphatic hydroxyl groups is 1. The van der Waals surface area contributed by atoms with Crippen LogP contribution in [0.2, 0.25) is 0 Å². The minimum atomic E-state index is -1.31. The van der Waals surface area contributed by atoms with Crippen LogP contribution in [0.5, 0.6) is 0 Å². The second kappa shape index (κ2) is 50.4. The monoisotopic (exact) mass is 1090 g/mol. The number of esters is 2. The number of carbonyl (C=O) groups is 5. The minimum absolute atomic E-state index is 0.114. The molecule has 0 spiro atoms. The fourth-order valence-corrected chi connectivity index (χ4v) is 10.7. The second-order valence-electron chi connectivity index (χ2n) is 23.6. The molecule has 1 aliphatic rings. The molecule has 1 saturated heterocycles. The summed E-state index contributed by atoms with van der Waals surface area (Å²) in [5.74, 6) is -2.78. The Morgan fingerprint density at radius 3 is 1.10 bits per heavy atom. The molecule has 12 heteroatoms. The molecule has 77 heavy (non-hydrogen) atoms. The Labute approximate surface area is 472 Å². The van der Waals surface area contributed by atoms with Gasteiger partial charge in [-0.25, -0.2) is 0 Å². The van der Waals surface area contributed by atoms with E-state index in [1.807, 2.05) is 0 Å². The summed E-state index contributed by atoms with van der Waals surface area (Å²) < 4.78 is 24.0. The molecule has 0 aromatic rings.